The molecule has 1 atom stereocenters. The maximum atomic E-state index is 10.9. The molecule has 1 aliphatic heterocycles. The van der Waals surface area contributed by atoms with Crippen LogP contribution in [0.4, 0.5) is 5.69 Å². The van der Waals surface area contributed by atoms with Gasteiger partial charge >= 0.3 is 5.69 Å². The molecule has 16 heavy (non-hydrogen) atoms. The van der Waals surface area contributed by atoms with Crippen LogP contribution in [0.15, 0.2) is 0 Å². The molecular weight excluding hydrogens is 208 g/mol. The van der Waals surface area contributed by atoms with Crippen molar-refractivity contribution in [3.05, 3.63) is 21.5 Å². The Morgan fingerprint density at radius 2 is 2.25 bits per heavy atom. The van der Waals surface area contributed by atoms with E-state index in [0.29, 0.717) is 11.4 Å². The molecule has 1 aromatic heterocycles. The average molecular weight is 224 g/mol. The highest BCUT2D eigenvalue weighted by atomic mass is 16.6. The molecule has 6 heteroatoms. The lowest BCUT2D eigenvalue weighted by Crippen LogP contribution is -2.32. The molecule has 0 aliphatic carbocycles. The summed E-state index contributed by atoms with van der Waals surface area (Å²) in [7, 11) is 0. The second kappa shape index (κ2) is 4.21. The quantitative estimate of drug-likeness (QED) is 0.612. The highest BCUT2D eigenvalue weighted by Gasteiger charge is 2.26. The molecular formula is C10H16N4O2. The van der Waals surface area contributed by atoms with E-state index >= 15 is 0 Å². The summed E-state index contributed by atoms with van der Waals surface area (Å²) in [6.45, 7) is 4.40. The smallest absolute Gasteiger partial charge is 0.296 e. The molecule has 0 amide bonds. The number of rotatable bonds is 2. The molecule has 0 aromatic carbocycles. The molecule has 2 heterocycles. The van der Waals surface area contributed by atoms with Gasteiger partial charge in [0.2, 0.25) is 0 Å². The van der Waals surface area contributed by atoms with Gasteiger partial charge in [-0.2, -0.15) is 5.10 Å². The number of aryl methyl sites for hydroxylation is 1. The molecule has 1 unspecified atom stereocenters. The summed E-state index contributed by atoms with van der Waals surface area (Å²) < 4.78 is 1.76. The van der Waals surface area contributed by atoms with Gasteiger partial charge in [0.25, 0.3) is 0 Å². The van der Waals surface area contributed by atoms with Crippen molar-refractivity contribution < 1.29 is 4.92 Å². The number of hydrogen-bond donors (Lipinski definition) is 1. The maximum Gasteiger partial charge on any atom is 0.312 e. The van der Waals surface area contributed by atoms with Gasteiger partial charge in [0, 0.05) is 0 Å². The zero-order chi connectivity index (χ0) is 11.7. The first-order valence-electron chi connectivity index (χ1n) is 5.54. The van der Waals surface area contributed by atoms with E-state index in [2.05, 4.69) is 10.4 Å². The standard InChI is InChI=1S/C10H16N4O2/c1-7-10(14(15)16)8(2)13(12-7)9-5-3-4-6-11-9/h9,11H,3-6H2,1-2H3. The van der Waals surface area contributed by atoms with E-state index in [9.17, 15) is 10.1 Å². The van der Waals surface area contributed by atoms with Gasteiger partial charge in [-0.3, -0.25) is 15.4 Å². The zero-order valence-electron chi connectivity index (χ0n) is 9.56. The van der Waals surface area contributed by atoms with Crippen LogP contribution in [0.1, 0.15) is 36.8 Å². The second-order valence-electron chi connectivity index (χ2n) is 4.19. The van der Waals surface area contributed by atoms with Crippen molar-refractivity contribution in [3.8, 4) is 0 Å². The summed E-state index contributed by atoms with van der Waals surface area (Å²) in [5.74, 6) is 0. The Morgan fingerprint density at radius 3 is 2.75 bits per heavy atom. The van der Waals surface area contributed by atoms with Gasteiger partial charge in [0.1, 0.15) is 17.6 Å². The van der Waals surface area contributed by atoms with Gasteiger partial charge in [-0.05, 0) is 39.7 Å². The largest absolute Gasteiger partial charge is 0.312 e. The molecule has 1 fully saturated rings. The van der Waals surface area contributed by atoms with Crippen LogP contribution < -0.4 is 5.32 Å². The summed E-state index contributed by atoms with van der Waals surface area (Å²) in [6.07, 6.45) is 3.40. The minimum atomic E-state index is -0.350. The number of nitro groups is 1. The van der Waals surface area contributed by atoms with Crippen LogP contribution in [0.25, 0.3) is 0 Å². The van der Waals surface area contributed by atoms with Crippen molar-refractivity contribution in [2.24, 2.45) is 0 Å². The summed E-state index contributed by atoms with van der Waals surface area (Å²) in [4.78, 5) is 10.5. The van der Waals surface area contributed by atoms with Gasteiger partial charge in [-0.15, -0.1) is 0 Å². The fourth-order valence-electron chi connectivity index (χ4n) is 2.26. The molecule has 1 saturated heterocycles. The molecule has 0 saturated carbocycles. The molecule has 6 nitrogen and oxygen atoms in total. The Hall–Kier alpha value is -1.43. The van der Waals surface area contributed by atoms with Gasteiger partial charge in [0.15, 0.2) is 0 Å². The minimum Gasteiger partial charge on any atom is -0.296 e. The lowest BCUT2D eigenvalue weighted by atomic mass is 10.1. The Balaban J connectivity index is 2.34. The van der Waals surface area contributed by atoms with Crippen LogP contribution in [0.2, 0.25) is 0 Å². The van der Waals surface area contributed by atoms with Gasteiger partial charge in [-0.1, -0.05) is 0 Å². The molecule has 1 aliphatic rings. The van der Waals surface area contributed by atoms with Crippen molar-refractivity contribution in [3.63, 3.8) is 0 Å². The average Bonchev–Trinajstić information content (AvgIpc) is 2.55. The normalized spacial score (nSPS) is 21.0. The predicted molar refractivity (Wildman–Crippen MR) is 59.2 cm³/mol. The van der Waals surface area contributed by atoms with Crippen LogP contribution in [-0.2, 0) is 0 Å². The van der Waals surface area contributed by atoms with Gasteiger partial charge in [0.05, 0.1) is 4.92 Å². The number of piperidine rings is 1. The number of nitrogens with one attached hydrogen (secondary N) is 1. The minimum absolute atomic E-state index is 0.112. The van der Waals surface area contributed by atoms with Gasteiger partial charge < -0.3 is 0 Å². The molecule has 1 N–H and O–H groups in total. The summed E-state index contributed by atoms with van der Waals surface area (Å²) in [5.41, 5.74) is 1.28. The summed E-state index contributed by atoms with van der Waals surface area (Å²) in [6, 6.07) is 0. The molecule has 2 rings (SSSR count). The third kappa shape index (κ3) is 1.80. The molecule has 88 valence electrons. The zero-order valence-corrected chi connectivity index (χ0v) is 9.56. The Bertz CT molecular complexity index is 407. The van der Waals surface area contributed by atoms with E-state index in [-0.39, 0.29) is 16.8 Å². The Labute approximate surface area is 93.8 Å². The van der Waals surface area contributed by atoms with Crippen LogP contribution >= 0.6 is 0 Å². The van der Waals surface area contributed by atoms with E-state index < -0.39 is 0 Å². The van der Waals surface area contributed by atoms with Crippen molar-refractivity contribution in [1.82, 2.24) is 15.1 Å². The third-order valence-electron chi connectivity index (χ3n) is 3.05. The SMILES string of the molecule is Cc1nn(C2CCCCN2)c(C)c1[N+](=O)[O-]. The van der Waals surface area contributed by atoms with E-state index in [4.69, 9.17) is 0 Å². The van der Waals surface area contributed by atoms with Gasteiger partial charge in [-0.25, -0.2) is 4.68 Å². The number of hydrogen-bond acceptors (Lipinski definition) is 4. The van der Waals surface area contributed by atoms with E-state index in [1.165, 1.54) is 0 Å². The highest BCUT2D eigenvalue weighted by molar-refractivity contribution is 5.39. The number of aromatic nitrogens is 2. The summed E-state index contributed by atoms with van der Waals surface area (Å²) in [5, 5.41) is 18.5. The van der Waals surface area contributed by atoms with E-state index in [0.717, 1.165) is 25.8 Å². The molecule has 1 aromatic rings. The van der Waals surface area contributed by atoms with Crippen LogP contribution in [-0.4, -0.2) is 21.2 Å². The third-order valence-corrected chi connectivity index (χ3v) is 3.05. The highest BCUT2D eigenvalue weighted by Crippen LogP contribution is 2.26. The monoisotopic (exact) mass is 224 g/mol. The van der Waals surface area contributed by atoms with Crippen LogP contribution in [0.5, 0.6) is 0 Å². The first kappa shape index (κ1) is 11.1. The van der Waals surface area contributed by atoms with Crippen molar-refractivity contribution >= 4 is 5.69 Å². The molecule has 0 bridgehead atoms. The van der Waals surface area contributed by atoms with Crippen molar-refractivity contribution in [1.29, 1.82) is 0 Å². The first-order chi connectivity index (χ1) is 7.61. The van der Waals surface area contributed by atoms with Crippen LogP contribution in [0.3, 0.4) is 0 Å². The van der Waals surface area contributed by atoms with Crippen molar-refractivity contribution in [2.75, 3.05) is 6.54 Å². The maximum absolute atomic E-state index is 10.9. The second-order valence-corrected chi connectivity index (χ2v) is 4.19. The predicted octanol–water partition coefficient (Wildman–Crippen LogP) is 1.68. The fraction of sp³-hybridized carbons (Fsp3) is 0.700. The van der Waals surface area contributed by atoms with E-state index in [1.807, 2.05) is 0 Å². The first-order valence-corrected chi connectivity index (χ1v) is 5.54. The van der Waals surface area contributed by atoms with E-state index in [1.54, 1.807) is 18.5 Å². The van der Waals surface area contributed by atoms with Crippen molar-refractivity contribution in [2.45, 2.75) is 39.3 Å². The lowest BCUT2D eigenvalue weighted by molar-refractivity contribution is -0.386. The summed E-state index contributed by atoms with van der Waals surface area (Å²) >= 11 is 0. The fourth-order valence-corrected chi connectivity index (χ4v) is 2.26. The molecule has 0 radical (unpaired) electrons. The Kier molecular flexibility index (Phi) is 2.91. The Morgan fingerprint density at radius 1 is 1.50 bits per heavy atom. The number of nitrogens with zero attached hydrogens (tertiary/aromatic N) is 3. The molecule has 0 spiro atoms. The topological polar surface area (TPSA) is 73.0 Å². The van der Waals surface area contributed by atoms with Crippen LogP contribution in [0, 0.1) is 24.0 Å². The lowest BCUT2D eigenvalue weighted by Gasteiger charge is -2.24.